The Bertz CT molecular complexity index is 563. The van der Waals surface area contributed by atoms with Crippen LogP contribution in [0.15, 0.2) is 59.7 Å². The fourth-order valence-corrected chi connectivity index (χ4v) is 1.73. The molecule has 1 N–H and O–H groups in total. The lowest BCUT2D eigenvalue weighted by Crippen LogP contribution is -2.07. The monoisotopic (exact) mass is 270 g/mol. The highest BCUT2D eigenvalue weighted by atomic mass is 16.4. The van der Waals surface area contributed by atoms with Gasteiger partial charge in [0, 0.05) is 11.1 Å². The van der Waals surface area contributed by atoms with E-state index in [9.17, 15) is 9.59 Å². The highest BCUT2D eigenvalue weighted by Gasteiger charge is 2.12. The van der Waals surface area contributed by atoms with Gasteiger partial charge in [-0.1, -0.05) is 55.5 Å². The summed E-state index contributed by atoms with van der Waals surface area (Å²) in [6, 6.07) is 9.71. The molecule has 0 bridgehead atoms. The predicted molar refractivity (Wildman–Crippen MR) is 80.2 cm³/mol. The fraction of sp³-hybridized carbons (Fsp3) is 0.176. The van der Waals surface area contributed by atoms with E-state index in [2.05, 4.69) is 0 Å². The lowest BCUT2D eigenvalue weighted by Gasteiger charge is -2.02. The Balaban J connectivity index is 2.75. The zero-order valence-corrected chi connectivity index (χ0v) is 11.7. The summed E-state index contributed by atoms with van der Waals surface area (Å²) in [5.41, 5.74) is 1.48. The van der Waals surface area contributed by atoms with E-state index >= 15 is 0 Å². The predicted octanol–water partition coefficient (Wildman–Crippen LogP) is 3.64. The number of carboxylic acids is 1. The van der Waals surface area contributed by atoms with Gasteiger partial charge in [-0.2, -0.15) is 0 Å². The number of carbonyl (C=O) groups excluding carboxylic acids is 1. The lowest BCUT2D eigenvalue weighted by atomic mass is 10.0. The van der Waals surface area contributed by atoms with Gasteiger partial charge < -0.3 is 5.11 Å². The molecule has 0 aliphatic rings. The minimum Gasteiger partial charge on any atom is -0.478 e. The third-order valence-corrected chi connectivity index (χ3v) is 2.87. The fourth-order valence-electron chi connectivity index (χ4n) is 1.73. The van der Waals surface area contributed by atoms with Crippen LogP contribution in [0.4, 0.5) is 0 Å². The average Bonchev–Trinajstić information content (AvgIpc) is 2.45. The van der Waals surface area contributed by atoms with Crippen molar-refractivity contribution in [2.75, 3.05) is 0 Å². The number of aliphatic carboxylic acids is 1. The molecule has 3 nitrogen and oxygen atoms in total. The standard InChI is InChI=1S/C17H18O3/c1-3-15(13(2)17(19)20)16(18)12-8-7-11-14-9-5-4-6-10-14/h4-12H,3H2,1-2H3,(H,19,20)/b11-7+,12-8?,15-13?. The van der Waals surface area contributed by atoms with Crippen molar-refractivity contribution in [3.05, 3.63) is 65.3 Å². The summed E-state index contributed by atoms with van der Waals surface area (Å²) in [6.07, 6.45) is 7.06. The zero-order chi connectivity index (χ0) is 15.0. The van der Waals surface area contributed by atoms with Crippen molar-refractivity contribution in [3.63, 3.8) is 0 Å². The highest BCUT2D eigenvalue weighted by Crippen LogP contribution is 2.11. The molecule has 1 aromatic carbocycles. The van der Waals surface area contributed by atoms with E-state index in [0.717, 1.165) is 5.56 Å². The van der Waals surface area contributed by atoms with Crippen molar-refractivity contribution in [3.8, 4) is 0 Å². The van der Waals surface area contributed by atoms with Crippen LogP contribution in [0.2, 0.25) is 0 Å². The number of rotatable bonds is 6. The molecule has 1 aromatic rings. The number of benzene rings is 1. The van der Waals surface area contributed by atoms with Crippen LogP contribution in [-0.4, -0.2) is 16.9 Å². The molecule has 3 heteroatoms. The minimum absolute atomic E-state index is 0.106. The topological polar surface area (TPSA) is 54.4 Å². The summed E-state index contributed by atoms with van der Waals surface area (Å²) in [5, 5.41) is 8.90. The second-order valence-corrected chi connectivity index (χ2v) is 4.26. The van der Waals surface area contributed by atoms with Gasteiger partial charge in [-0.25, -0.2) is 4.79 Å². The Morgan fingerprint density at radius 1 is 1.15 bits per heavy atom. The van der Waals surface area contributed by atoms with Crippen LogP contribution < -0.4 is 0 Å². The van der Waals surface area contributed by atoms with E-state index in [1.165, 1.54) is 13.0 Å². The third-order valence-electron chi connectivity index (χ3n) is 2.87. The Kier molecular flexibility index (Phi) is 6.17. The molecule has 0 heterocycles. The van der Waals surface area contributed by atoms with Crippen molar-refractivity contribution >= 4 is 17.8 Å². The van der Waals surface area contributed by atoms with Gasteiger partial charge in [0.1, 0.15) is 0 Å². The summed E-state index contributed by atoms with van der Waals surface area (Å²) in [4.78, 5) is 22.8. The van der Waals surface area contributed by atoms with Crippen LogP contribution in [0.5, 0.6) is 0 Å². The first kappa shape index (κ1) is 15.6. The molecule has 1 rings (SSSR count). The Morgan fingerprint density at radius 3 is 2.35 bits per heavy atom. The summed E-state index contributed by atoms with van der Waals surface area (Å²) in [6.45, 7) is 3.22. The number of ketones is 1. The van der Waals surface area contributed by atoms with Crippen molar-refractivity contribution in [1.82, 2.24) is 0 Å². The SMILES string of the molecule is CCC(C(=O)C=C/C=C/c1ccccc1)=C(C)C(=O)O. The van der Waals surface area contributed by atoms with Crippen LogP contribution in [0.3, 0.4) is 0 Å². The van der Waals surface area contributed by atoms with Crippen molar-refractivity contribution in [2.45, 2.75) is 20.3 Å². The number of hydrogen-bond donors (Lipinski definition) is 1. The summed E-state index contributed by atoms with van der Waals surface area (Å²) >= 11 is 0. The van der Waals surface area contributed by atoms with Gasteiger partial charge in [-0.3, -0.25) is 4.79 Å². The normalized spacial score (nSPS) is 12.7. The molecule has 0 aliphatic heterocycles. The van der Waals surface area contributed by atoms with Gasteiger partial charge in [0.05, 0.1) is 0 Å². The van der Waals surface area contributed by atoms with Crippen LogP contribution in [-0.2, 0) is 9.59 Å². The molecule has 0 amide bonds. The maximum atomic E-state index is 11.9. The van der Waals surface area contributed by atoms with E-state index in [0.29, 0.717) is 12.0 Å². The second-order valence-electron chi connectivity index (χ2n) is 4.26. The van der Waals surface area contributed by atoms with Crippen molar-refractivity contribution < 1.29 is 14.7 Å². The van der Waals surface area contributed by atoms with E-state index in [4.69, 9.17) is 5.11 Å². The van der Waals surface area contributed by atoms with Gasteiger partial charge in [0.25, 0.3) is 0 Å². The van der Waals surface area contributed by atoms with E-state index in [1.807, 2.05) is 36.4 Å². The summed E-state index contributed by atoms with van der Waals surface area (Å²) in [7, 11) is 0. The van der Waals surface area contributed by atoms with Crippen molar-refractivity contribution in [1.29, 1.82) is 0 Å². The third kappa shape index (κ3) is 4.69. The average molecular weight is 270 g/mol. The Hall–Kier alpha value is -2.42. The molecule has 0 fully saturated rings. The number of allylic oxidation sites excluding steroid dienone is 4. The second kappa shape index (κ2) is 7.89. The van der Waals surface area contributed by atoms with Crippen LogP contribution in [0, 0.1) is 0 Å². The molecular weight excluding hydrogens is 252 g/mol. The van der Waals surface area contributed by atoms with Gasteiger partial charge in [-0.15, -0.1) is 0 Å². The molecule has 0 aliphatic carbocycles. The van der Waals surface area contributed by atoms with Crippen LogP contribution >= 0.6 is 0 Å². The van der Waals surface area contributed by atoms with Crippen molar-refractivity contribution in [2.24, 2.45) is 0 Å². The summed E-state index contributed by atoms with van der Waals surface area (Å²) < 4.78 is 0. The first-order valence-corrected chi connectivity index (χ1v) is 6.43. The van der Waals surface area contributed by atoms with Gasteiger partial charge >= 0.3 is 5.97 Å². The van der Waals surface area contributed by atoms with Gasteiger partial charge in [0.15, 0.2) is 5.78 Å². The lowest BCUT2D eigenvalue weighted by molar-refractivity contribution is -0.133. The van der Waals surface area contributed by atoms with E-state index in [1.54, 1.807) is 19.1 Å². The van der Waals surface area contributed by atoms with Crippen LogP contribution in [0.25, 0.3) is 6.08 Å². The molecule has 0 aromatic heterocycles. The van der Waals surface area contributed by atoms with Gasteiger partial charge in [0.2, 0.25) is 0 Å². The molecular formula is C17H18O3. The van der Waals surface area contributed by atoms with E-state index in [-0.39, 0.29) is 11.4 Å². The molecule has 0 spiro atoms. The molecule has 0 saturated heterocycles. The Morgan fingerprint density at radius 2 is 1.80 bits per heavy atom. The Labute approximate surface area is 118 Å². The molecule has 0 unspecified atom stereocenters. The first-order chi connectivity index (χ1) is 9.56. The molecule has 0 atom stereocenters. The summed E-state index contributed by atoms with van der Waals surface area (Å²) in [5.74, 6) is -1.31. The van der Waals surface area contributed by atoms with E-state index < -0.39 is 5.97 Å². The maximum Gasteiger partial charge on any atom is 0.331 e. The molecule has 20 heavy (non-hydrogen) atoms. The number of carboxylic acid groups (broad SMARTS) is 1. The first-order valence-electron chi connectivity index (χ1n) is 6.43. The molecule has 0 radical (unpaired) electrons. The smallest absolute Gasteiger partial charge is 0.331 e. The van der Waals surface area contributed by atoms with Gasteiger partial charge in [-0.05, 0) is 25.0 Å². The number of hydrogen-bond acceptors (Lipinski definition) is 2. The van der Waals surface area contributed by atoms with Crippen LogP contribution in [0.1, 0.15) is 25.8 Å². The minimum atomic E-state index is -1.05. The quantitative estimate of drug-likeness (QED) is 0.634. The molecule has 0 saturated carbocycles. The molecule has 104 valence electrons. The largest absolute Gasteiger partial charge is 0.478 e. The number of carbonyl (C=O) groups is 2. The maximum absolute atomic E-state index is 11.9. The zero-order valence-electron chi connectivity index (χ0n) is 11.7. The highest BCUT2D eigenvalue weighted by molar-refractivity contribution is 6.08.